The van der Waals surface area contributed by atoms with Crippen LogP contribution in [0.5, 0.6) is 0 Å². The third kappa shape index (κ3) is 3.69. The lowest BCUT2D eigenvalue weighted by Crippen LogP contribution is -2.36. The van der Waals surface area contributed by atoms with Crippen LogP contribution in [0.1, 0.15) is 33.0 Å². The first kappa shape index (κ1) is 22.0. The van der Waals surface area contributed by atoms with E-state index in [1.165, 1.54) is 0 Å². The molecule has 1 aliphatic rings. The standard InChI is InChI=1S/C29H26N4O3/c1-31(2)28(34)24-16-20-11-10-19(15-23(20)30-24)21-7-6-13-32(18-21)29(35)26-17-27-25(12-14-36-27)33(26)22-8-4-3-5-9-22/h3-5,7-12,14-17,30H,6,13,18H2,1-2H3. The van der Waals surface area contributed by atoms with Crippen molar-refractivity contribution in [2.45, 2.75) is 6.42 Å². The molecule has 4 heterocycles. The Hall–Kier alpha value is -4.52. The third-order valence-electron chi connectivity index (χ3n) is 6.72. The van der Waals surface area contributed by atoms with E-state index < -0.39 is 0 Å². The number of hydrogen-bond donors (Lipinski definition) is 1. The van der Waals surface area contributed by atoms with Crippen LogP contribution in [0.15, 0.2) is 83.5 Å². The smallest absolute Gasteiger partial charge is 0.271 e. The topological polar surface area (TPSA) is 74.5 Å². The summed E-state index contributed by atoms with van der Waals surface area (Å²) in [5.74, 6) is -0.0933. The van der Waals surface area contributed by atoms with Crippen molar-refractivity contribution in [1.29, 1.82) is 0 Å². The lowest BCUT2D eigenvalue weighted by molar-refractivity contribution is 0.0766. The summed E-state index contributed by atoms with van der Waals surface area (Å²) in [4.78, 5) is 32.8. The maximum Gasteiger partial charge on any atom is 0.271 e. The second kappa shape index (κ2) is 8.61. The first-order valence-electron chi connectivity index (χ1n) is 12.0. The zero-order chi connectivity index (χ0) is 24.8. The molecule has 36 heavy (non-hydrogen) atoms. The molecular formula is C29H26N4O3. The van der Waals surface area contributed by atoms with E-state index in [0.29, 0.717) is 30.1 Å². The van der Waals surface area contributed by atoms with Crippen molar-refractivity contribution in [2.75, 3.05) is 27.2 Å². The van der Waals surface area contributed by atoms with Gasteiger partial charge in [0.25, 0.3) is 11.8 Å². The highest BCUT2D eigenvalue weighted by Crippen LogP contribution is 2.29. The monoisotopic (exact) mass is 478 g/mol. The number of aromatic amines is 1. The predicted octanol–water partition coefficient (Wildman–Crippen LogP) is 5.34. The van der Waals surface area contributed by atoms with Gasteiger partial charge in [-0.15, -0.1) is 0 Å². The zero-order valence-corrected chi connectivity index (χ0v) is 20.2. The summed E-state index contributed by atoms with van der Waals surface area (Å²) in [5, 5.41) is 0.983. The highest BCUT2D eigenvalue weighted by Gasteiger charge is 2.26. The minimum Gasteiger partial charge on any atom is -0.463 e. The summed E-state index contributed by atoms with van der Waals surface area (Å²) in [6, 6.07) is 21.6. The van der Waals surface area contributed by atoms with Gasteiger partial charge in [-0.1, -0.05) is 36.4 Å². The van der Waals surface area contributed by atoms with Crippen LogP contribution in [0.2, 0.25) is 0 Å². The van der Waals surface area contributed by atoms with Gasteiger partial charge in [0.2, 0.25) is 0 Å². The van der Waals surface area contributed by atoms with Crippen molar-refractivity contribution in [3.05, 3.63) is 96.0 Å². The lowest BCUT2D eigenvalue weighted by atomic mass is 10.00. The van der Waals surface area contributed by atoms with Crippen molar-refractivity contribution in [2.24, 2.45) is 0 Å². The molecule has 0 aliphatic carbocycles. The lowest BCUT2D eigenvalue weighted by Gasteiger charge is -2.28. The van der Waals surface area contributed by atoms with Crippen molar-refractivity contribution < 1.29 is 14.0 Å². The van der Waals surface area contributed by atoms with E-state index >= 15 is 0 Å². The number of aromatic nitrogens is 2. The van der Waals surface area contributed by atoms with Crippen LogP contribution in [0.25, 0.3) is 33.3 Å². The number of rotatable bonds is 4. The highest BCUT2D eigenvalue weighted by molar-refractivity contribution is 6.00. The molecule has 1 N–H and O–H groups in total. The Morgan fingerprint density at radius 2 is 1.83 bits per heavy atom. The number of H-pyrrole nitrogens is 1. The number of amides is 2. The Morgan fingerprint density at radius 3 is 2.64 bits per heavy atom. The molecular weight excluding hydrogens is 452 g/mol. The molecule has 180 valence electrons. The van der Waals surface area contributed by atoms with Gasteiger partial charge in [0, 0.05) is 55.9 Å². The van der Waals surface area contributed by atoms with Gasteiger partial charge in [0.1, 0.15) is 11.4 Å². The molecule has 0 radical (unpaired) electrons. The van der Waals surface area contributed by atoms with E-state index in [1.807, 2.05) is 64.1 Å². The predicted molar refractivity (Wildman–Crippen MR) is 140 cm³/mol. The Morgan fingerprint density at radius 1 is 1.00 bits per heavy atom. The molecule has 0 saturated carbocycles. The van der Waals surface area contributed by atoms with Crippen molar-refractivity contribution in [3.63, 3.8) is 0 Å². The summed E-state index contributed by atoms with van der Waals surface area (Å²) < 4.78 is 7.60. The molecule has 0 saturated heterocycles. The van der Waals surface area contributed by atoms with E-state index in [-0.39, 0.29) is 11.8 Å². The van der Waals surface area contributed by atoms with Gasteiger partial charge in [-0.2, -0.15) is 0 Å². The normalized spacial score (nSPS) is 13.8. The van der Waals surface area contributed by atoms with Gasteiger partial charge >= 0.3 is 0 Å². The number of furan rings is 1. The van der Waals surface area contributed by atoms with E-state index in [2.05, 4.69) is 23.2 Å². The number of fused-ring (bicyclic) bond motifs is 2. The SMILES string of the molecule is CN(C)C(=O)c1cc2ccc(C3=CCCN(C(=O)c4cc5occc5n4-c4ccccc4)C3)cc2[nH]1. The summed E-state index contributed by atoms with van der Waals surface area (Å²) in [5.41, 5.74) is 6.67. The van der Waals surface area contributed by atoms with Crippen molar-refractivity contribution >= 4 is 39.4 Å². The van der Waals surface area contributed by atoms with Gasteiger partial charge in [-0.05, 0) is 41.8 Å². The highest BCUT2D eigenvalue weighted by atomic mass is 16.3. The van der Waals surface area contributed by atoms with Gasteiger partial charge < -0.3 is 23.8 Å². The fourth-order valence-corrected chi connectivity index (χ4v) is 4.91. The molecule has 7 nitrogen and oxygen atoms in total. The number of nitrogens with zero attached hydrogens (tertiary/aromatic N) is 3. The number of hydrogen-bond acceptors (Lipinski definition) is 3. The van der Waals surface area contributed by atoms with Gasteiger partial charge in [-0.3, -0.25) is 9.59 Å². The number of carbonyl (C=O) groups is 2. The summed E-state index contributed by atoms with van der Waals surface area (Å²) in [6.45, 7) is 1.16. The number of nitrogens with one attached hydrogen (secondary N) is 1. The first-order chi connectivity index (χ1) is 17.5. The molecule has 7 heteroatoms. The number of benzene rings is 2. The molecule has 0 atom stereocenters. The minimum absolute atomic E-state index is 0.0318. The van der Waals surface area contributed by atoms with Crippen LogP contribution in [0.3, 0.4) is 0 Å². The largest absolute Gasteiger partial charge is 0.463 e. The summed E-state index contributed by atoms with van der Waals surface area (Å²) >= 11 is 0. The minimum atomic E-state index is -0.0615. The van der Waals surface area contributed by atoms with Gasteiger partial charge in [-0.25, -0.2) is 0 Å². The fraction of sp³-hybridized carbons (Fsp3) is 0.172. The van der Waals surface area contributed by atoms with Crippen molar-refractivity contribution in [1.82, 2.24) is 19.4 Å². The maximum atomic E-state index is 13.8. The van der Waals surface area contributed by atoms with Gasteiger partial charge in [0.05, 0.1) is 11.8 Å². The molecule has 0 unspecified atom stereocenters. The molecule has 2 aromatic carbocycles. The molecule has 1 aliphatic heterocycles. The fourth-order valence-electron chi connectivity index (χ4n) is 4.91. The van der Waals surface area contributed by atoms with Crippen LogP contribution in [0.4, 0.5) is 0 Å². The molecule has 0 bridgehead atoms. The summed E-state index contributed by atoms with van der Waals surface area (Å²) in [6.07, 6.45) is 4.62. The molecule has 3 aromatic heterocycles. The number of carbonyl (C=O) groups excluding carboxylic acids is 2. The quantitative estimate of drug-likeness (QED) is 0.379. The van der Waals surface area contributed by atoms with E-state index in [4.69, 9.17) is 4.42 Å². The van der Waals surface area contributed by atoms with E-state index in [9.17, 15) is 9.59 Å². The summed E-state index contributed by atoms with van der Waals surface area (Å²) in [7, 11) is 3.48. The first-order valence-corrected chi connectivity index (χ1v) is 12.0. The van der Waals surface area contributed by atoms with Crippen LogP contribution in [0, 0.1) is 0 Å². The number of para-hydroxylation sites is 1. The molecule has 0 fully saturated rings. The van der Waals surface area contributed by atoms with E-state index in [0.717, 1.165) is 39.7 Å². The third-order valence-corrected chi connectivity index (χ3v) is 6.72. The average molecular weight is 479 g/mol. The Bertz CT molecular complexity index is 1640. The van der Waals surface area contributed by atoms with Crippen LogP contribution in [-0.2, 0) is 0 Å². The zero-order valence-electron chi connectivity index (χ0n) is 20.2. The van der Waals surface area contributed by atoms with Crippen LogP contribution >= 0.6 is 0 Å². The average Bonchev–Trinajstić information content (AvgIpc) is 3.62. The van der Waals surface area contributed by atoms with Crippen molar-refractivity contribution in [3.8, 4) is 5.69 Å². The second-order valence-corrected chi connectivity index (χ2v) is 9.30. The molecule has 6 rings (SSSR count). The van der Waals surface area contributed by atoms with E-state index in [1.54, 1.807) is 25.3 Å². The van der Waals surface area contributed by atoms with Crippen LogP contribution < -0.4 is 0 Å². The maximum absolute atomic E-state index is 13.8. The second-order valence-electron chi connectivity index (χ2n) is 9.30. The Kier molecular flexibility index (Phi) is 5.25. The Balaban J connectivity index is 1.30. The molecule has 0 spiro atoms. The molecule has 2 amide bonds. The van der Waals surface area contributed by atoms with Crippen LogP contribution in [-0.4, -0.2) is 58.4 Å². The Labute approximate surface area is 208 Å². The molecule has 5 aromatic rings. The van der Waals surface area contributed by atoms with Gasteiger partial charge in [0.15, 0.2) is 5.58 Å².